The predicted molar refractivity (Wildman–Crippen MR) is 70.8 cm³/mol. The fourth-order valence-corrected chi connectivity index (χ4v) is 1.50. The van der Waals surface area contributed by atoms with E-state index in [0.717, 1.165) is 5.69 Å². The standard InChI is InChI=1S/C11H15N3O2S/c1-14(2)13-11(17)12-9-6-4-5-8(7-9)10(15)16-3/h4-7H,1-3H3,(H2,12,13,17). The second-order valence-electron chi connectivity index (χ2n) is 3.53. The number of carbonyl (C=O) groups is 1. The second kappa shape index (κ2) is 6.17. The van der Waals surface area contributed by atoms with Crippen molar-refractivity contribution in [2.45, 2.75) is 0 Å². The normalized spacial score (nSPS) is 9.88. The first-order valence-corrected chi connectivity index (χ1v) is 5.37. The zero-order valence-electron chi connectivity index (χ0n) is 9.98. The van der Waals surface area contributed by atoms with Crippen LogP contribution in [0.3, 0.4) is 0 Å². The lowest BCUT2D eigenvalue weighted by Gasteiger charge is -2.15. The number of anilines is 1. The molecule has 0 aliphatic heterocycles. The first kappa shape index (κ1) is 13.4. The average Bonchev–Trinajstić information content (AvgIpc) is 2.27. The minimum absolute atomic E-state index is 0.375. The van der Waals surface area contributed by atoms with Crippen LogP contribution < -0.4 is 10.7 Å². The van der Waals surface area contributed by atoms with Gasteiger partial charge in [-0.2, -0.15) is 0 Å². The highest BCUT2D eigenvalue weighted by molar-refractivity contribution is 7.80. The van der Waals surface area contributed by atoms with Crippen molar-refractivity contribution in [1.82, 2.24) is 10.4 Å². The number of carbonyl (C=O) groups excluding carboxylic acids is 1. The van der Waals surface area contributed by atoms with Gasteiger partial charge in [0.2, 0.25) is 0 Å². The number of methoxy groups -OCH3 is 1. The fraction of sp³-hybridized carbons (Fsp3) is 0.273. The SMILES string of the molecule is COC(=O)c1cccc(NC(=S)NN(C)C)c1. The van der Waals surface area contributed by atoms with Crippen LogP contribution in [0.15, 0.2) is 24.3 Å². The molecule has 0 radical (unpaired) electrons. The largest absolute Gasteiger partial charge is 0.465 e. The highest BCUT2D eigenvalue weighted by Gasteiger charge is 2.06. The minimum Gasteiger partial charge on any atom is -0.465 e. The lowest BCUT2D eigenvalue weighted by Crippen LogP contribution is -2.39. The number of nitrogens with one attached hydrogen (secondary N) is 2. The summed E-state index contributed by atoms with van der Waals surface area (Å²) in [5.74, 6) is -0.375. The van der Waals surface area contributed by atoms with Gasteiger partial charge in [-0.25, -0.2) is 9.80 Å². The smallest absolute Gasteiger partial charge is 0.337 e. The highest BCUT2D eigenvalue weighted by atomic mass is 32.1. The van der Waals surface area contributed by atoms with Crippen LogP contribution in [0.2, 0.25) is 0 Å². The third-order valence-electron chi connectivity index (χ3n) is 1.87. The molecule has 0 aliphatic carbocycles. The molecule has 0 fully saturated rings. The molecule has 0 heterocycles. The number of hydrogen-bond donors (Lipinski definition) is 2. The number of benzene rings is 1. The lowest BCUT2D eigenvalue weighted by atomic mass is 10.2. The van der Waals surface area contributed by atoms with E-state index in [0.29, 0.717) is 10.7 Å². The molecule has 1 rings (SSSR count). The molecule has 92 valence electrons. The molecule has 0 amide bonds. The Morgan fingerprint density at radius 2 is 2.12 bits per heavy atom. The number of ether oxygens (including phenoxy) is 1. The van der Waals surface area contributed by atoms with Crippen LogP contribution in [0.5, 0.6) is 0 Å². The summed E-state index contributed by atoms with van der Waals surface area (Å²) in [6.45, 7) is 0. The molecule has 1 aromatic carbocycles. The molecule has 0 saturated carbocycles. The van der Waals surface area contributed by atoms with Gasteiger partial charge in [-0.1, -0.05) is 6.07 Å². The number of thiocarbonyl (C=S) groups is 1. The molecule has 0 bridgehead atoms. The molecule has 6 heteroatoms. The highest BCUT2D eigenvalue weighted by Crippen LogP contribution is 2.11. The van der Waals surface area contributed by atoms with E-state index in [-0.39, 0.29) is 5.97 Å². The van der Waals surface area contributed by atoms with Crippen LogP contribution in [0, 0.1) is 0 Å². The fourth-order valence-electron chi connectivity index (χ4n) is 1.20. The molecule has 2 N–H and O–H groups in total. The molecule has 5 nitrogen and oxygen atoms in total. The zero-order chi connectivity index (χ0) is 12.8. The first-order valence-electron chi connectivity index (χ1n) is 4.96. The first-order chi connectivity index (χ1) is 8.02. The van der Waals surface area contributed by atoms with Crippen LogP contribution in [-0.2, 0) is 4.74 Å². The van der Waals surface area contributed by atoms with E-state index in [1.54, 1.807) is 23.2 Å². The Labute approximate surface area is 106 Å². The van der Waals surface area contributed by atoms with Gasteiger partial charge in [0.15, 0.2) is 5.11 Å². The summed E-state index contributed by atoms with van der Waals surface area (Å²) < 4.78 is 4.64. The summed E-state index contributed by atoms with van der Waals surface area (Å²) >= 11 is 5.07. The molecule has 0 aromatic heterocycles. The Hall–Kier alpha value is -1.66. The van der Waals surface area contributed by atoms with Crippen molar-refractivity contribution < 1.29 is 9.53 Å². The van der Waals surface area contributed by atoms with E-state index >= 15 is 0 Å². The van der Waals surface area contributed by atoms with E-state index in [4.69, 9.17) is 12.2 Å². The Balaban J connectivity index is 2.72. The van der Waals surface area contributed by atoms with Crippen molar-refractivity contribution in [1.29, 1.82) is 0 Å². The number of rotatable bonds is 3. The van der Waals surface area contributed by atoms with Gasteiger partial charge in [0.25, 0.3) is 0 Å². The van der Waals surface area contributed by atoms with Crippen molar-refractivity contribution in [2.24, 2.45) is 0 Å². The average molecular weight is 253 g/mol. The molecule has 0 atom stereocenters. The maximum atomic E-state index is 11.3. The minimum atomic E-state index is -0.375. The van der Waals surface area contributed by atoms with E-state index in [1.807, 2.05) is 20.2 Å². The Kier molecular flexibility index (Phi) is 4.86. The van der Waals surface area contributed by atoms with Crippen LogP contribution in [-0.4, -0.2) is 37.3 Å². The van der Waals surface area contributed by atoms with Crippen molar-refractivity contribution in [3.63, 3.8) is 0 Å². The maximum absolute atomic E-state index is 11.3. The third kappa shape index (κ3) is 4.38. The number of hydrogen-bond acceptors (Lipinski definition) is 4. The van der Waals surface area contributed by atoms with Crippen LogP contribution in [0.25, 0.3) is 0 Å². The summed E-state index contributed by atoms with van der Waals surface area (Å²) in [4.78, 5) is 11.3. The summed E-state index contributed by atoms with van der Waals surface area (Å²) in [5.41, 5.74) is 4.10. The van der Waals surface area contributed by atoms with Gasteiger partial charge in [0, 0.05) is 19.8 Å². The molecule has 0 aliphatic rings. The maximum Gasteiger partial charge on any atom is 0.337 e. The molecular weight excluding hydrogens is 238 g/mol. The van der Waals surface area contributed by atoms with Crippen molar-refractivity contribution in [3.8, 4) is 0 Å². The van der Waals surface area contributed by atoms with Gasteiger partial charge in [-0.15, -0.1) is 0 Å². The molecule has 1 aromatic rings. The predicted octanol–water partition coefficient (Wildman–Crippen LogP) is 1.24. The van der Waals surface area contributed by atoms with E-state index in [9.17, 15) is 4.79 Å². The number of esters is 1. The van der Waals surface area contributed by atoms with Gasteiger partial charge in [-0.3, -0.25) is 5.43 Å². The van der Waals surface area contributed by atoms with Crippen molar-refractivity contribution in [3.05, 3.63) is 29.8 Å². The van der Waals surface area contributed by atoms with Gasteiger partial charge >= 0.3 is 5.97 Å². The van der Waals surface area contributed by atoms with Crippen LogP contribution >= 0.6 is 12.2 Å². The Morgan fingerprint density at radius 3 is 2.71 bits per heavy atom. The summed E-state index contributed by atoms with van der Waals surface area (Å²) in [6, 6.07) is 6.93. The lowest BCUT2D eigenvalue weighted by molar-refractivity contribution is 0.0601. The Bertz CT molecular complexity index is 421. The van der Waals surface area contributed by atoms with E-state index in [1.165, 1.54) is 7.11 Å². The monoisotopic (exact) mass is 253 g/mol. The van der Waals surface area contributed by atoms with Crippen molar-refractivity contribution >= 4 is 29.0 Å². The molecule has 17 heavy (non-hydrogen) atoms. The summed E-state index contributed by atoms with van der Waals surface area (Å²) in [7, 11) is 5.01. The van der Waals surface area contributed by atoms with E-state index in [2.05, 4.69) is 15.5 Å². The van der Waals surface area contributed by atoms with Gasteiger partial charge < -0.3 is 10.1 Å². The Morgan fingerprint density at radius 1 is 1.41 bits per heavy atom. The van der Waals surface area contributed by atoms with Crippen molar-refractivity contribution in [2.75, 3.05) is 26.5 Å². The molecule has 0 saturated heterocycles. The quantitative estimate of drug-likeness (QED) is 0.480. The zero-order valence-corrected chi connectivity index (χ0v) is 10.8. The molecular formula is C11H15N3O2S. The summed E-state index contributed by atoms with van der Waals surface area (Å²) in [6.07, 6.45) is 0. The van der Waals surface area contributed by atoms with Crippen LogP contribution in [0.1, 0.15) is 10.4 Å². The number of nitrogens with zero attached hydrogens (tertiary/aromatic N) is 1. The van der Waals surface area contributed by atoms with E-state index < -0.39 is 0 Å². The third-order valence-corrected chi connectivity index (χ3v) is 2.06. The van der Waals surface area contributed by atoms with Crippen LogP contribution in [0.4, 0.5) is 5.69 Å². The summed E-state index contributed by atoms with van der Waals surface area (Å²) in [5, 5.41) is 5.14. The van der Waals surface area contributed by atoms with Gasteiger partial charge in [0.1, 0.15) is 0 Å². The van der Waals surface area contributed by atoms with Gasteiger partial charge in [0.05, 0.1) is 12.7 Å². The topological polar surface area (TPSA) is 53.6 Å². The van der Waals surface area contributed by atoms with Gasteiger partial charge in [-0.05, 0) is 30.4 Å². The molecule has 0 unspecified atom stereocenters. The number of hydrazine groups is 1. The second-order valence-corrected chi connectivity index (χ2v) is 3.94. The molecule has 0 spiro atoms.